The maximum Gasteiger partial charge on any atom is 0.234 e. The normalized spacial score (nSPS) is 18.4. The Balaban J connectivity index is 1.81. The maximum absolute atomic E-state index is 12.8. The first kappa shape index (κ1) is 20.4. The molecule has 1 aliphatic heterocycles. The molecular weight excluding hydrogens is 394 g/mol. The average molecular weight is 416 g/mol. The van der Waals surface area contributed by atoms with Crippen molar-refractivity contribution in [1.29, 1.82) is 0 Å². The molecule has 0 spiro atoms. The lowest BCUT2D eigenvalue weighted by Gasteiger charge is -2.31. The van der Waals surface area contributed by atoms with Crippen LogP contribution in [0.4, 0.5) is 5.69 Å². The zero-order chi connectivity index (χ0) is 19.9. The monoisotopic (exact) mass is 415 g/mol. The number of halogens is 1. The fraction of sp³-hybridized carbons (Fsp3) is 0.286. The van der Waals surface area contributed by atoms with Crippen molar-refractivity contribution in [3.8, 4) is 0 Å². The summed E-state index contributed by atoms with van der Waals surface area (Å²) < 4.78 is 0. The van der Waals surface area contributed by atoms with Gasteiger partial charge in [-0.25, -0.2) is 4.99 Å². The number of thioether (sulfide) groups is 1. The van der Waals surface area contributed by atoms with E-state index in [2.05, 4.69) is 10.3 Å². The molecule has 1 atom stereocenters. The van der Waals surface area contributed by atoms with Gasteiger partial charge in [-0.05, 0) is 43.2 Å². The van der Waals surface area contributed by atoms with Gasteiger partial charge in [-0.1, -0.05) is 53.7 Å². The summed E-state index contributed by atoms with van der Waals surface area (Å²) in [6.07, 6.45) is 0.855. The molecule has 2 aromatic rings. The van der Waals surface area contributed by atoms with Crippen LogP contribution in [0.25, 0.3) is 0 Å². The Bertz CT molecular complexity index is 856. The molecule has 3 rings (SSSR count). The van der Waals surface area contributed by atoms with Gasteiger partial charge in [-0.2, -0.15) is 0 Å². The second kappa shape index (κ2) is 9.75. The molecule has 0 bridgehead atoms. The molecule has 1 fully saturated rings. The number of hydrogen-bond acceptors (Lipinski definition) is 4. The Morgan fingerprint density at radius 1 is 1.21 bits per heavy atom. The van der Waals surface area contributed by atoms with Crippen molar-refractivity contribution in [2.24, 2.45) is 4.99 Å². The predicted molar refractivity (Wildman–Crippen MR) is 115 cm³/mol. The molecule has 1 N–H and O–H groups in total. The van der Waals surface area contributed by atoms with Crippen molar-refractivity contribution in [2.75, 3.05) is 13.1 Å². The topological polar surface area (TPSA) is 61.8 Å². The molecule has 1 aliphatic rings. The van der Waals surface area contributed by atoms with Crippen molar-refractivity contribution in [1.82, 2.24) is 10.2 Å². The summed E-state index contributed by atoms with van der Waals surface area (Å²) >= 11 is 7.29. The second-order valence-corrected chi connectivity index (χ2v) is 7.96. The molecule has 0 saturated carbocycles. The minimum absolute atomic E-state index is 0.0846. The number of nitrogens with one attached hydrogen (secondary N) is 1. The van der Waals surface area contributed by atoms with Crippen LogP contribution >= 0.6 is 23.4 Å². The van der Waals surface area contributed by atoms with Gasteiger partial charge in [0.25, 0.3) is 0 Å². The van der Waals surface area contributed by atoms with E-state index >= 15 is 0 Å². The number of hydrogen-bond donors (Lipinski definition) is 1. The van der Waals surface area contributed by atoms with Crippen molar-refractivity contribution >= 4 is 46.0 Å². The highest BCUT2D eigenvalue weighted by Crippen LogP contribution is 2.29. The van der Waals surface area contributed by atoms with Crippen molar-refractivity contribution < 1.29 is 9.59 Å². The number of aliphatic imine (C=N–C) groups is 1. The Labute approximate surface area is 174 Å². The molecule has 1 saturated heterocycles. The van der Waals surface area contributed by atoms with Gasteiger partial charge >= 0.3 is 0 Å². The van der Waals surface area contributed by atoms with Crippen LogP contribution in [0.5, 0.6) is 0 Å². The first-order valence-corrected chi connectivity index (χ1v) is 10.5. The third-order valence-corrected chi connectivity index (χ3v) is 5.74. The summed E-state index contributed by atoms with van der Waals surface area (Å²) in [5, 5.41) is 3.59. The van der Waals surface area contributed by atoms with Crippen LogP contribution in [0.3, 0.4) is 0 Å². The van der Waals surface area contributed by atoms with Crippen LogP contribution in [-0.2, 0) is 16.0 Å². The van der Waals surface area contributed by atoms with Gasteiger partial charge in [-0.3, -0.25) is 14.5 Å². The third-order valence-electron chi connectivity index (χ3n) is 4.30. The largest absolute Gasteiger partial charge is 0.355 e. The highest BCUT2D eigenvalue weighted by atomic mass is 35.5. The number of carbonyl (C=O) groups excluding carboxylic acids is 2. The van der Waals surface area contributed by atoms with Crippen LogP contribution in [0.1, 0.15) is 18.9 Å². The second-order valence-electron chi connectivity index (χ2n) is 6.36. The van der Waals surface area contributed by atoms with Gasteiger partial charge in [0.1, 0.15) is 0 Å². The van der Waals surface area contributed by atoms with E-state index < -0.39 is 5.25 Å². The van der Waals surface area contributed by atoms with E-state index in [1.807, 2.05) is 61.5 Å². The number of amidine groups is 1. The summed E-state index contributed by atoms with van der Waals surface area (Å²) in [6.45, 7) is 2.90. The minimum atomic E-state index is -0.457. The summed E-state index contributed by atoms with van der Waals surface area (Å²) in [7, 11) is 0. The summed E-state index contributed by atoms with van der Waals surface area (Å²) in [5.74, 6) is -0.211. The van der Waals surface area contributed by atoms with Crippen LogP contribution in [0.2, 0.25) is 5.02 Å². The lowest BCUT2D eigenvalue weighted by Crippen LogP contribution is -2.47. The fourth-order valence-corrected chi connectivity index (χ4v) is 4.13. The Kier molecular flexibility index (Phi) is 7.12. The van der Waals surface area contributed by atoms with E-state index in [1.165, 1.54) is 11.8 Å². The molecule has 1 heterocycles. The zero-order valence-corrected chi connectivity index (χ0v) is 17.2. The molecule has 0 radical (unpaired) electrons. The SMILES string of the molecule is CCNC(=O)[C@H]1CC(=O)N(CCc2ccc(Cl)cc2)C(=Nc2ccccc2)S1. The predicted octanol–water partition coefficient (Wildman–Crippen LogP) is 4.04. The van der Waals surface area contributed by atoms with Crippen LogP contribution in [0.15, 0.2) is 59.6 Å². The highest BCUT2D eigenvalue weighted by Gasteiger charge is 2.35. The number of para-hydroxylation sites is 1. The molecule has 28 heavy (non-hydrogen) atoms. The van der Waals surface area contributed by atoms with Gasteiger partial charge in [-0.15, -0.1) is 0 Å². The molecule has 7 heteroatoms. The molecule has 0 aromatic heterocycles. The standard InChI is InChI=1S/C21H22ClN3O2S/c1-2-23-20(27)18-14-19(26)25(13-12-15-8-10-16(22)11-9-15)21(28-18)24-17-6-4-3-5-7-17/h3-11,18H,2,12-14H2,1H3,(H,23,27)/t18-/m1/s1. The van der Waals surface area contributed by atoms with Gasteiger partial charge in [0.2, 0.25) is 11.8 Å². The van der Waals surface area contributed by atoms with Gasteiger partial charge in [0.05, 0.1) is 10.9 Å². The molecule has 5 nitrogen and oxygen atoms in total. The number of rotatable bonds is 6. The smallest absolute Gasteiger partial charge is 0.234 e. The first-order valence-electron chi connectivity index (χ1n) is 9.19. The lowest BCUT2D eigenvalue weighted by molar-refractivity contribution is -0.130. The summed E-state index contributed by atoms with van der Waals surface area (Å²) in [6, 6.07) is 17.1. The van der Waals surface area contributed by atoms with E-state index in [0.29, 0.717) is 29.7 Å². The molecule has 2 aromatic carbocycles. The fourth-order valence-electron chi connectivity index (χ4n) is 2.85. The van der Waals surface area contributed by atoms with E-state index in [1.54, 1.807) is 4.90 Å². The lowest BCUT2D eigenvalue weighted by atomic mass is 10.1. The van der Waals surface area contributed by atoms with Crippen molar-refractivity contribution in [3.63, 3.8) is 0 Å². The minimum Gasteiger partial charge on any atom is -0.355 e. The van der Waals surface area contributed by atoms with E-state index in [-0.39, 0.29) is 18.2 Å². The summed E-state index contributed by atoms with van der Waals surface area (Å²) in [5.41, 5.74) is 1.85. The van der Waals surface area contributed by atoms with Crippen LogP contribution < -0.4 is 5.32 Å². The molecule has 146 valence electrons. The number of nitrogens with zero attached hydrogens (tertiary/aromatic N) is 2. The Morgan fingerprint density at radius 3 is 2.61 bits per heavy atom. The van der Waals surface area contributed by atoms with E-state index in [4.69, 9.17) is 11.6 Å². The summed E-state index contributed by atoms with van der Waals surface area (Å²) in [4.78, 5) is 31.4. The third kappa shape index (κ3) is 5.36. The maximum atomic E-state index is 12.8. The van der Waals surface area contributed by atoms with E-state index in [0.717, 1.165) is 11.3 Å². The van der Waals surface area contributed by atoms with Crippen LogP contribution in [-0.4, -0.2) is 40.2 Å². The number of benzene rings is 2. The highest BCUT2D eigenvalue weighted by molar-refractivity contribution is 8.15. The number of amides is 2. The molecule has 0 unspecified atom stereocenters. The van der Waals surface area contributed by atoms with Crippen molar-refractivity contribution in [3.05, 3.63) is 65.2 Å². The number of carbonyl (C=O) groups is 2. The Morgan fingerprint density at radius 2 is 1.93 bits per heavy atom. The van der Waals surface area contributed by atoms with Gasteiger partial charge in [0.15, 0.2) is 5.17 Å². The molecule has 2 amide bonds. The molecular formula is C21H22ClN3O2S. The van der Waals surface area contributed by atoms with Crippen LogP contribution in [0, 0.1) is 0 Å². The average Bonchev–Trinajstić information content (AvgIpc) is 2.69. The van der Waals surface area contributed by atoms with Gasteiger partial charge in [0, 0.05) is 24.5 Å². The van der Waals surface area contributed by atoms with Gasteiger partial charge < -0.3 is 5.32 Å². The molecule has 0 aliphatic carbocycles. The first-order chi connectivity index (χ1) is 13.6. The Hall–Kier alpha value is -2.31. The van der Waals surface area contributed by atoms with E-state index in [9.17, 15) is 9.59 Å². The zero-order valence-electron chi connectivity index (χ0n) is 15.6. The van der Waals surface area contributed by atoms with Crippen molar-refractivity contribution in [2.45, 2.75) is 25.0 Å². The quantitative estimate of drug-likeness (QED) is 0.774.